The van der Waals surface area contributed by atoms with Gasteiger partial charge in [-0.3, -0.25) is 9.59 Å². The third-order valence-corrected chi connectivity index (χ3v) is 5.03. The van der Waals surface area contributed by atoms with Crippen LogP contribution in [-0.2, 0) is 4.79 Å². The van der Waals surface area contributed by atoms with E-state index in [0.29, 0.717) is 11.6 Å². The Hall–Kier alpha value is -1.84. The number of fused-ring (bicyclic) bond motifs is 1. The lowest BCUT2D eigenvalue weighted by Crippen LogP contribution is -2.34. The van der Waals surface area contributed by atoms with Crippen LogP contribution in [0.5, 0.6) is 0 Å². The van der Waals surface area contributed by atoms with Crippen LogP contribution in [0.1, 0.15) is 43.0 Å². The van der Waals surface area contributed by atoms with Crippen molar-refractivity contribution in [3.05, 3.63) is 23.8 Å². The SMILES string of the molecule is CC1CCC(N(C)c2ccc3c(c2)N(C)C(=O)C3=O)CC1. The molecule has 0 saturated heterocycles. The first-order valence-corrected chi connectivity index (χ1v) is 7.68. The molecule has 1 fully saturated rings. The van der Waals surface area contributed by atoms with Gasteiger partial charge in [-0.05, 0) is 49.8 Å². The topological polar surface area (TPSA) is 40.6 Å². The first-order chi connectivity index (χ1) is 9.99. The highest BCUT2D eigenvalue weighted by Gasteiger charge is 2.34. The molecule has 1 aromatic rings. The van der Waals surface area contributed by atoms with E-state index in [9.17, 15) is 9.59 Å². The smallest absolute Gasteiger partial charge is 0.299 e. The fraction of sp³-hybridized carbons (Fsp3) is 0.529. The summed E-state index contributed by atoms with van der Waals surface area (Å²) in [5, 5.41) is 0. The molecule has 1 saturated carbocycles. The van der Waals surface area contributed by atoms with Gasteiger partial charge in [-0.25, -0.2) is 0 Å². The Morgan fingerprint density at radius 3 is 2.48 bits per heavy atom. The van der Waals surface area contributed by atoms with E-state index in [1.165, 1.54) is 30.6 Å². The summed E-state index contributed by atoms with van der Waals surface area (Å²) in [6, 6.07) is 6.27. The summed E-state index contributed by atoms with van der Waals surface area (Å²) in [7, 11) is 3.78. The van der Waals surface area contributed by atoms with E-state index in [4.69, 9.17) is 0 Å². The maximum absolute atomic E-state index is 11.8. The standard InChI is InChI=1S/C17H22N2O2/c1-11-4-6-12(7-5-11)18(2)13-8-9-14-15(10-13)19(3)17(21)16(14)20/h8-12H,4-7H2,1-3H3. The van der Waals surface area contributed by atoms with Gasteiger partial charge < -0.3 is 9.80 Å². The van der Waals surface area contributed by atoms with E-state index < -0.39 is 11.7 Å². The average molecular weight is 286 g/mol. The van der Waals surface area contributed by atoms with Crippen molar-refractivity contribution >= 4 is 23.1 Å². The Balaban J connectivity index is 1.84. The quantitative estimate of drug-likeness (QED) is 0.785. The van der Waals surface area contributed by atoms with Gasteiger partial charge in [0.2, 0.25) is 0 Å². The second-order valence-electron chi connectivity index (χ2n) is 6.42. The Morgan fingerprint density at radius 1 is 1.14 bits per heavy atom. The van der Waals surface area contributed by atoms with Gasteiger partial charge in [0.05, 0.1) is 11.3 Å². The number of Topliss-reactive ketones (excluding diaryl/α,β-unsaturated/α-hetero) is 1. The van der Waals surface area contributed by atoms with Gasteiger partial charge >= 0.3 is 0 Å². The molecular formula is C17H22N2O2. The van der Waals surface area contributed by atoms with Gasteiger partial charge in [-0.2, -0.15) is 0 Å². The van der Waals surface area contributed by atoms with Crippen LogP contribution in [0.2, 0.25) is 0 Å². The molecule has 0 unspecified atom stereocenters. The summed E-state index contributed by atoms with van der Waals surface area (Å²) in [6.45, 7) is 2.32. The molecule has 0 atom stereocenters. The van der Waals surface area contributed by atoms with E-state index in [1.54, 1.807) is 13.1 Å². The first-order valence-electron chi connectivity index (χ1n) is 7.68. The van der Waals surface area contributed by atoms with Crippen molar-refractivity contribution in [3.63, 3.8) is 0 Å². The number of hydrogen-bond donors (Lipinski definition) is 0. The van der Waals surface area contributed by atoms with Crippen LogP contribution in [0.4, 0.5) is 11.4 Å². The Labute approximate surface area is 125 Å². The van der Waals surface area contributed by atoms with Crippen molar-refractivity contribution < 1.29 is 9.59 Å². The van der Waals surface area contributed by atoms with E-state index in [-0.39, 0.29) is 0 Å². The second-order valence-corrected chi connectivity index (χ2v) is 6.42. The predicted octanol–water partition coefficient (Wildman–Crippen LogP) is 2.86. The Kier molecular flexibility index (Phi) is 3.47. The van der Waals surface area contributed by atoms with Crippen LogP contribution in [0.3, 0.4) is 0 Å². The molecule has 112 valence electrons. The van der Waals surface area contributed by atoms with Crippen molar-refractivity contribution in [1.82, 2.24) is 0 Å². The molecule has 4 nitrogen and oxygen atoms in total. The largest absolute Gasteiger partial charge is 0.372 e. The van der Waals surface area contributed by atoms with Crippen molar-refractivity contribution in [3.8, 4) is 0 Å². The van der Waals surface area contributed by atoms with Crippen molar-refractivity contribution in [2.45, 2.75) is 38.6 Å². The first kappa shape index (κ1) is 14.1. The number of carbonyl (C=O) groups is 2. The van der Waals surface area contributed by atoms with E-state index in [0.717, 1.165) is 17.3 Å². The van der Waals surface area contributed by atoms with Gasteiger partial charge in [0, 0.05) is 25.8 Å². The zero-order chi connectivity index (χ0) is 15.1. The minimum Gasteiger partial charge on any atom is -0.372 e. The van der Waals surface area contributed by atoms with Crippen molar-refractivity contribution in [2.24, 2.45) is 5.92 Å². The summed E-state index contributed by atoms with van der Waals surface area (Å²) in [5.74, 6) is 0.000496. The number of rotatable bonds is 2. The highest BCUT2D eigenvalue weighted by Crippen LogP contribution is 2.34. The molecule has 4 heteroatoms. The lowest BCUT2D eigenvalue weighted by molar-refractivity contribution is -0.114. The summed E-state index contributed by atoms with van der Waals surface area (Å²) in [4.78, 5) is 27.3. The molecule has 3 rings (SSSR count). The molecule has 0 spiro atoms. The normalized spacial score (nSPS) is 25.2. The second kappa shape index (κ2) is 5.17. The zero-order valence-electron chi connectivity index (χ0n) is 12.9. The molecule has 0 bridgehead atoms. The van der Waals surface area contributed by atoms with Crippen LogP contribution in [0.15, 0.2) is 18.2 Å². The molecule has 0 radical (unpaired) electrons. The van der Waals surface area contributed by atoms with E-state index in [2.05, 4.69) is 18.9 Å². The molecule has 1 aromatic carbocycles. The van der Waals surface area contributed by atoms with E-state index >= 15 is 0 Å². The highest BCUT2D eigenvalue weighted by molar-refractivity contribution is 6.52. The van der Waals surface area contributed by atoms with Crippen LogP contribution >= 0.6 is 0 Å². The van der Waals surface area contributed by atoms with Crippen molar-refractivity contribution in [2.75, 3.05) is 23.9 Å². The molecule has 1 heterocycles. The van der Waals surface area contributed by atoms with Crippen LogP contribution < -0.4 is 9.80 Å². The summed E-state index contributed by atoms with van der Waals surface area (Å²) in [6.07, 6.45) is 4.97. The molecular weight excluding hydrogens is 264 g/mol. The van der Waals surface area contributed by atoms with Gasteiger partial charge in [0.1, 0.15) is 0 Å². The number of anilines is 2. The molecule has 21 heavy (non-hydrogen) atoms. The molecule has 2 aliphatic rings. The minimum atomic E-state index is -0.434. The van der Waals surface area contributed by atoms with Gasteiger partial charge in [0.15, 0.2) is 0 Å². The van der Waals surface area contributed by atoms with Crippen LogP contribution in [-0.4, -0.2) is 31.8 Å². The Morgan fingerprint density at radius 2 is 1.81 bits per heavy atom. The van der Waals surface area contributed by atoms with Crippen molar-refractivity contribution in [1.29, 1.82) is 0 Å². The lowest BCUT2D eigenvalue weighted by atomic mass is 9.86. The highest BCUT2D eigenvalue weighted by atomic mass is 16.2. The number of benzene rings is 1. The summed E-state index contributed by atoms with van der Waals surface area (Å²) >= 11 is 0. The monoisotopic (exact) mass is 286 g/mol. The summed E-state index contributed by atoms with van der Waals surface area (Å²) < 4.78 is 0. The predicted molar refractivity (Wildman–Crippen MR) is 84.0 cm³/mol. The van der Waals surface area contributed by atoms with Gasteiger partial charge in [0.25, 0.3) is 11.7 Å². The molecule has 1 amide bonds. The van der Waals surface area contributed by atoms with Gasteiger partial charge in [-0.15, -0.1) is 0 Å². The fourth-order valence-corrected chi connectivity index (χ4v) is 3.43. The molecule has 1 aliphatic heterocycles. The number of hydrogen-bond acceptors (Lipinski definition) is 3. The Bertz CT molecular complexity index is 588. The summed E-state index contributed by atoms with van der Waals surface area (Å²) in [5.41, 5.74) is 2.35. The van der Waals surface area contributed by atoms with Crippen LogP contribution in [0.25, 0.3) is 0 Å². The number of likely N-dealkylation sites (N-methyl/N-ethyl adjacent to an activating group) is 1. The third kappa shape index (κ3) is 2.33. The van der Waals surface area contributed by atoms with E-state index in [1.807, 2.05) is 12.1 Å². The van der Waals surface area contributed by atoms with Gasteiger partial charge in [-0.1, -0.05) is 6.92 Å². The number of ketones is 1. The third-order valence-electron chi connectivity index (χ3n) is 5.03. The molecule has 1 aliphatic carbocycles. The molecule has 0 aromatic heterocycles. The number of nitrogens with zero attached hydrogens (tertiary/aromatic N) is 2. The maximum atomic E-state index is 11.8. The maximum Gasteiger partial charge on any atom is 0.299 e. The minimum absolute atomic E-state index is 0.395. The number of amides is 1. The van der Waals surface area contributed by atoms with Crippen LogP contribution in [0, 0.1) is 5.92 Å². The molecule has 0 N–H and O–H groups in total. The number of carbonyl (C=O) groups excluding carboxylic acids is 2. The fourth-order valence-electron chi connectivity index (χ4n) is 3.43. The zero-order valence-corrected chi connectivity index (χ0v) is 12.9. The average Bonchev–Trinajstić information content (AvgIpc) is 2.72. The lowest BCUT2D eigenvalue weighted by Gasteiger charge is -2.35.